The normalized spacial score (nSPS) is 15.7. The second kappa shape index (κ2) is 14.1. The van der Waals surface area contributed by atoms with Crippen LogP contribution in [0.1, 0.15) is 94.7 Å². The van der Waals surface area contributed by atoms with Crippen LogP contribution in [0.5, 0.6) is 0 Å². The number of hydrogen-bond donors (Lipinski definition) is 0. The topological polar surface area (TPSA) is 6.48 Å². The molecule has 2 aliphatic rings. The van der Waals surface area contributed by atoms with Crippen LogP contribution >= 0.6 is 11.9 Å². The molecule has 2 nitrogen and oxygen atoms in total. The van der Waals surface area contributed by atoms with Gasteiger partial charge in [0.2, 0.25) is 0 Å². The smallest absolute Gasteiger partial charge is 0.300 e. The van der Waals surface area contributed by atoms with E-state index in [0.29, 0.717) is 42.2 Å². The van der Waals surface area contributed by atoms with Crippen LogP contribution in [-0.2, 0) is 31.9 Å². The first-order chi connectivity index (χ1) is 23.7. The van der Waals surface area contributed by atoms with Crippen LogP contribution in [0, 0.1) is 44.0 Å². The molecule has 1 aliphatic heterocycles. The highest BCUT2D eigenvalue weighted by molar-refractivity contribution is 7.97. The molecule has 4 aromatic carbocycles. The highest BCUT2D eigenvalue weighted by Crippen LogP contribution is 2.50. The molecule has 50 heavy (non-hydrogen) atoms. The lowest BCUT2D eigenvalue weighted by Gasteiger charge is -2.35. The molecule has 1 saturated carbocycles. The predicted octanol–water partition coefficient (Wildman–Crippen LogP) is 11.7. The van der Waals surface area contributed by atoms with Gasteiger partial charge in [0.1, 0.15) is 11.6 Å². The Morgan fingerprint density at radius 1 is 0.920 bits per heavy atom. The summed E-state index contributed by atoms with van der Waals surface area (Å²) in [4.78, 5) is 1.46. The average molecular weight is 709 g/mol. The van der Waals surface area contributed by atoms with Crippen molar-refractivity contribution in [2.45, 2.75) is 96.5 Å². The van der Waals surface area contributed by atoms with E-state index < -0.39 is 57.3 Å². The molecule has 0 N–H and O–H groups in total. The van der Waals surface area contributed by atoms with Gasteiger partial charge in [0.15, 0.2) is 11.6 Å². The molecule has 1 heterocycles. The van der Waals surface area contributed by atoms with E-state index in [-0.39, 0.29) is 17.7 Å². The number of rotatable bonds is 10. The number of fused-ring (bicyclic) bond motifs is 2. The van der Waals surface area contributed by atoms with Gasteiger partial charge in [0.05, 0.1) is 4.90 Å². The van der Waals surface area contributed by atoms with Gasteiger partial charge in [-0.3, -0.25) is 0 Å². The summed E-state index contributed by atoms with van der Waals surface area (Å²) < 4.78 is 95.1. The standard InChI is InChI=1S/C41H42F6N2S/c1-7-9-27-15-28(17-31(16-27)30-11-12-30)21-49(36-13-10-23(3)14-29(36)8-2)24(4)20-48-22-33-34(18-32(42)19-35(33)43)41(46,47)37-25(5)26(6)38(44)39(45)40(37)50-48/h10,13-19,30H,4,7-9,11-12,20-22H2,1-3,5-6H3. The lowest BCUT2D eigenvalue weighted by molar-refractivity contribution is 0.0354. The maximum absolute atomic E-state index is 16.3. The fourth-order valence-electron chi connectivity index (χ4n) is 7.03. The molecular formula is C41H42F6N2S. The summed E-state index contributed by atoms with van der Waals surface area (Å²) in [5, 5.41) is 0. The maximum atomic E-state index is 16.3. The van der Waals surface area contributed by atoms with Crippen molar-refractivity contribution < 1.29 is 26.3 Å². The van der Waals surface area contributed by atoms with E-state index >= 15 is 22.0 Å². The molecule has 0 bridgehead atoms. The zero-order chi connectivity index (χ0) is 36.1. The maximum Gasteiger partial charge on any atom is 0.300 e. The summed E-state index contributed by atoms with van der Waals surface area (Å²) in [6, 6.07) is 14.1. The fourth-order valence-corrected chi connectivity index (χ4v) is 8.24. The lowest BCUT2D eigenvalue weighted by atomic mass is 9.90. The van der Waals surface area contributed by atoms with Gasteiger partial charge in [-0.1, -0.05) is 62.7 Å². The molecule has 0 aromatic heterocycles. The molecule has 0 atom stereocenters. The summed E-state index contributed by atoms with van der Waals surface area (Å²) in [5.74, 6) is -8.43. The molecule has 264 valence electrons. The van der Waals surface area contributed by atoms with Crippen molar-refractivity contribution in [3.8, 4) is 0 Å². The Kier molecular flexibility index (Phi) is 10.2. The Labute approximate surface area is 295 Å². The van der Waals surface area contributed by atoms with Crippen LogP contribution in [0.15, 0.2) is 65.7 Å². The molecule has 9 heteroatoms. The van der Waals surface area contributed by atoms with E-state index in [4.69, 9.17) is 0 Å². The molecule has 1 fully saturated rings. The van der Waals surface area contributed by atoms with Crippen molar-refractivity contribution >= 4 is 17.6 Å². The van der Waals surface area contributed by atoms with Gasteiger partial charge >= 0.3 is 0 Å². The molecule has 4 aromatic rings. The van der Waals surface area contributed by atoms with E-state index in [1.54, 1.807) is 0 Å². The SMILES string of the molecule is C=C(CN1Cc2c(F)cc(F)cc2C(F)(F)c2c(C)c(C)c(F)c(F)c2S1)N(Cc1cc(CCC)cc(C2CC2)c1)c1ccc(C)cc1CC. The number of nitrogens with zero attached hydrogens (tertiary/aromatic N) is 2. The summed E-state index contributed by atoms with van der Waals surface area (Å²) in [6.45, 7) is 13.2. The molecular weight excluding hydrogens is 667 g/mol. The lowest BCUT2D eigenvalue weighted by Crippen LogP contribution is -2.33. The third-order valence-corrected chi connectivity index (χ3v) is 11.0. The van der Waals surface area contributed by atoms with Crippen LogP contribution in [0.4, 0.5) is 32.0 Å². The molecule has 0 saturated heterocycles. The van der Waals surface area contributed by atoms with Crippen LogP contribution in [0.2, 0.25) is 0 Å². The first-order valence-corrected chi connectivity index (χ1v) is 18.0. The van der Waals surface area contributed by atoms with Crippen LogP contribution < -0.4 is 4.90 Å². The minimum absolute atomic E-state index is 0.0267. The zero-order valence-electron chi connectivity index (χ0n) is 29.1. The molecule has 1 aliphatic carbocycles. The molecule has 0 spiro atoms. The van der Waals surface area contributed by atoms with E-state index in [1.165, 1.54) is 29.3 Å². The average Bonchev–Trinajstić information content (AvgIpc) is 3.91. The summed E-state index contributed by atoms with van der Waals surface area (Å²) in [7, 11) is 0. The van der Waals surface area contributed by atoms with Crippen molar-refractivity contribution in [3.05, 3.63) is 140 Å². The van der Waals surface area contributed by atoms with Gasteiger partial charge < -0.3 is 4.90 Å². The Morgan fingerprint density at radius 3 is 2.32 bits per heavy atom. The first-order valence-electron chi connectivity index (χ1n) is 17.2. The second-order valence-corrected chi connectivity index (χ2v) is 14.8. The molecule has 0 unspecified atom stereocenters. The monoisotopic (exact) mass is 708 g/mol. The van der Waals surface area contributed by atoms with Gasteiger partial charge in [-0.25, -0.2) is 21.9 Å². The minimum Gasteiger partial charge on any atom is -0.340 e. The first kappa shape index (κ1) is 36.1. The number of alkyl halides is 2. The molecule has 0 amide bonds. The number of hydrogen-bond acceptors (Lipinski definition) is 3. The highest BCUT2D eigenvalue weighted by Gasteiger charge is 2.45. The Balaban J connectivity index is 1.46. The van der Waals surface area contributed by atoms with Crippen molar-refractivity contribution in [2.75, 3.05) is 11.4 Å². The Bertz CT molecular complexity index is 1970. The third-order valence-electron chi connectivity index (χ3n) is 9.90. The van der Waals surface area contributed by atoms with Crippen LogP contribution in [0.3, 0.4) is 0 Å². The Hall–Kier alpha value is -3.69. The summed E-state index contributed by atoms with van der Waals surface area (Å²) >= 11 is 0.607. The van der Waals surface area contributed by atoms with Crippen molar-refractivity contribution in [1.82, 2.24) is 4.31 Å². The number of aryl methyl sites for hydroxylation is 3. The van der Waals surface area contributed by atoms with E-state index in [9.17, 15) is 4.39 Å². The van der Waals surface area contributed by atoms with Crippen LogP contribution in [-0.4, -0.2) is 10.8 Å². The predicted molar refractivity (Wildman–Crippen MR) is 190 cm³/mol. The van der Waals surface area contributed by atoms with E-state index in [0.717, 1.165) is 54.5 Å². The number of benzene rings is 4. The third kappa shape index (κ3) is 6.96. The fraction of sp³-hybridized carbons (Fsp3) is 0.366. The zero-order valence-corrected chi connectivity index (χ0v) is 29.9. The second-order valence-electron chi connectivity index (χ2n) is 13.7. The minimum atomic E-state index is -4.00. The quantitative estimate of drug-likeness (QED) is 0.120. The van der Waals surface area contributed by atoms with Gasteiger partial charge in [-0.2, -0.15) is 8.78 Å². The number of halogens is 6. The van der Waals surface area contributed by atoms with Crippen molar-refractivity contribution in [3.63, 3.8) is 0 Å². The summed E-state index contributed by atoms with van der Waals surface area (Å²) in [6.07, 6.45) is 5.01. The largest absolute Gasteiger partial charge is 0.340 e. The van der Waals surface area contributed by atoms with Crippen LogP contribution in [0.25, 0.3) is 0 Å². The number of anilines is 1. The van der Waals surface area contributed by atoms with Gasteiger partial charge in [0, 0.05) is 53.8 Å². The summed E-state index contributed by atoms with van der Waals surface area (Å²) in [5.41, 5.74) is 4.71. The van der Waals surface area contributed by atoms with Gasteiger partial charge in [-0.05, 0) is 110 Å². The van der Waals surface area contributed by atoms with Crippen molar-refractivity contribution in [1.29, 1.82) is 0 Å². The van der Waals surface area contributed by atoms with Crippen molar-refractivity contribution in [2.24, 2.45) is 0 Å². The van der Waals surface area contributed by atoms with Gasteiger partial charge in [0.25, 0.3) is 5.92 Å². The molecule has 6 rings (SSSR count). The Morgan fingerprint density at radius 2 is 1.64 bits per heavy atom. The van der Waals surface area contributed by atoms with Gasteiger partial charge in [-0.15, -0.1) is 0 Å². The van der Waals surface area contributed by atoms with E-state index in [1.807, 2.05) is 19.1 Å². The van der Waals surface area contributed by atoms with E-state index in [2.05, 4.69) is 49.6 Å². The highest BCUT2D eigenvalue weighted by atomic mass is 32.2. The molecule has 0 radical (unpaired) electrons.